The molecule has 31 heavy (non-hydrogen) atoms. The Morgan fingerprint density at radius 3 is 2.03 bits per heavy atom. The van der Waals surface area contributed by atoms with Gasteiger partial charge in [0.05, 0.1) is 6.61 Å². The van der Waals surface area contributed by atoms with Crippen LogP contribution in [0.3, 0.4) is 0 Å². The molecule has 0 aliphatic heterocycles. The highest BCUT2D eigenvalue weighted by Gasteiger charge is 2.42. The van der Waals surface area contributed by atoms with E-state index in [4.69, 9.17) is 9.94 Å². The third kappa shape index (κ3) is 5.57. The van der Waals surface area contributed by atoms with Crippen LogP contribution in [0.15, 0.2) is 78.9 Å². The van der Waals surface area contributed by atoms with Crippen molar-refractivity contribution in [1.82, 2.24) is 10.8 Å². The number of rotatable bonds is 8. The lowest BCUT2D eigenvalue weighted by Gasteiger charge is -2.26. The van der Waals surface area contributed by atoms with Crippen molar-refractivity contribution in [3.63, 3.8) is 0 Å². The molecule has 0 spiro atoms. The van der Waals surface area contributed by atoms with E-state index in [0.717, 1.165) is 27.8 Å². The lowest BCUT2D eigenvalue weighted by Crippen LogP contribution is -2.56. The van der Waals surface area contributed by atoms with Crippen LogP contribution in [0.1, 0.15) is 23.6 Å². The largest absolute Gasteiger partial charge is 0.351 e. The first-order valence-electron chi connectivity index (χ1n) is 9.99. The van der Waals surface area contributed by atoms with Crippen LogP contribution in [0, 0.1) is 6.92 Å². The Balaban J connectivity index is 1.66. The second-order valence-corrected chi connectivity index (χ2v) is 7.49. The second-order valence-electron chi connectivity index (χ2n) is 7.49. The van der Waals surface area contributed by atoms with Gasteiger partial charge in [-0.15, -0.1) is 0 Å². The number of hydrogen-bond acceptors (Lipinski definition) is 4. The first-order valence-corrected chi connectivity index (χ1v) is 9.99. The number of carbonyl (C=O) groups is 2. The maximum atomic E-state index is 12.8. The summed E-state index contributed by atoms with van der Waals surface area (Å²) in [5, 5.41) is 11.8. The summed E-state index contributed by atoms with van der Waals surface area (Å²) in [7, 11) is 0. The molecule has 3 rings (SSSR count). The Hall–Kier alpha value is -3.48. The number of carbonyl (C=O) groups excluding carboxylic acids is 2. The molecule has 0 radical (unpaired) electrons. The van der Waals surface area contributed by atoms with Crippen LogP contribution in [0.5, 0.6) is 0 Å². The van der Waals surface area contributed by atoms with Crippen molar-refractivity contribution >= 4 is 11.8 Å². The molecule has 160 valence electrons. The SMILES string of the molecule is Cc1ccc(CNC(=O)C(C)(OCc2ccc(-c3ccccc3)cc2)C(=O)NO)cc1. The first-order chi connectivity index (χ1) is 14.9. The van der Waals surface area contributed by atoms with Crippen LogP contribution >= 0.6 is 0 Å². The zero-order chi connectivity index (χ0) is 22.3. The van der Waals surface area contributed by atoms with Crippen LogP contribution < -0.4 is 10.8 Å². The lowest BCUT2D eigenvalue weighted by molar-refractivity contribution is -0.166. The summed E-state index contributed by atoms with van der Waals surface area (Å²) in [6.07, 6.45) is 0. The number of benzene rings is 3. The molecule has 0 saturated heterocycles. The van der Waals surface area contributed by atoms with Crippen LogP contribution in [-0.4, -0.2) is 22.6 Å². The number of aryl methyl sites for hydroxylation is 1. The summed E-state index contributed by atoms with van der Waals surface area (Å²) < 4.78 is 5.70. The minimum atomic E-state index is -1.89. The molecule has 6 heteroatoms. The van der Waals surface area contributed by atoms with Crippen molar-refractivity contribution in [1.29, 1.82) is 0 Å². The zero-order valence-electron chi connectivity index (χ0n) is 17.6. The topological polar surface area (TPSA) is 87.7 Å². The fourth-order valence-electron chi connectivity index (χ4n) is 3.05. The molecular formula is C25H26N2O4. The Bertz CT molecular complexity index is 1020. The predicted molar refractivity (Wildman–Crippen MR) is 118 cm³/mol. The third-order valence-corrected chi connectivity index (χ3v) is 5.13. The van der Waals surface area contributed by atoms with Crippen LogP contribution in [0.25, 0.3) is 11.1 Å². The number of ether oxygens (including phenoxy) is 1. The van der Waals surface area contributed by atoms with Crippen molar-refractivity contribution < 1.29 is 19.5 Å². The third-order valence-electron chi connectivity index (χ3n) is 5.13. The quantitative estimate of drug-likeness (QED) is 0.295. The number of hydroxylamine groups is 1. The first kappa shape index (κ1) is 22.2. The standard InChI is InChI=1S/C25H26N2O4/c1-18-8-10-19(11-9-18)16-26-23(28)25(2,24(29)27-30)31-17-20-12-14-22(15-13-20)21-6-4-3-5-7-21/h3-15,30H,16-17H2,1-2H3,(H,26,28)(H,27,29). The van der Waals surface area contributed by atoms with Gasteiger partial charge < -0.3 is 10.1 Å². The van der Waals surface area contributed by atoms with Gasteiger partial charge in [-0.2, -0.15) is 0 Å². The summed E-state index contributed by atoms with van der Waals surface area (Å²) >= 11 is 0. The van der Waals surface area contributed by atoms with Gasteiger partial charge in [-0.1, -0.05) is 84.4 Å². The van der Waals surface area contributed by atoms with Crippen LogP contribution in [0.2, 0.25) is 0 Å². The van der Waals surface area contributed by atoms with E-state index in [-0.39, 0.29) is 13.2 Å². The molecule has 2 amide bonds. The Morgan fingerprint density at radius 1 is 0.839 bits per heavy atom. The average Bonchev–Trinajstić information content (AvgIpc) is 2.82. The summed E-state index contributed by atoms with van der Waals surface area (Å²) in [4.78, 5) is 25.0. The van der Waals surface area contributed by atoms with Gasteiger partial charge in [-0.3, -0.25) is 14.8 Å². The van der Waals surface area contributed by atoms with Crippen molar-refractivity contribution in [2.45, 2.75) is 32.6 Å². The molecule has 0 saturated carbocycles. The van der Waals surface area contributed by atoms with Crippen molar-refractivity contribution in [2.75, 3.05) is 0 Å². The van der Waals surface area contributed by atoms with Gasteiger partial charge in [0.1, 0.15) is 0 Å². The highest BCUT2D eigenvalue weighted by Crippen LogP contribution is 2.21. The molecule has 3 N–H and O–H groups in total. The zero-order valence-corrected chi connectivity index (χ0v) is 17.6. The van der Waals surface area contributed by atoms with Gasteiger partial charge >= 0.3 is 0 Å². The minimum absolute atomic E-state index is 0.0247. The smallest absolute Gasteiger partial charge is 0.285 e. The van der Waals surface area contributed by atoms with Crippen molar-refractivity contribution in [2.24, 2.45) is 0 Å². The maximum absolute atomic E-state index is 12.8. The van der Waals surface area contributed by atoms with E-state index >= 15 is 0 Å². The van der Waals surface area contributed by atoms with Gasteiger partial charge in [0.25, 0.3) is 11.8 Å². The van der Waals surface area contributed by atoms with Gasteiger partial charge in [-0.25, -0.2) is 5.48 Å². The van der Waals surface area contributed by atoms with E-state index in [9.17, 15) is 9.59 Å². The van der Waals surface area contributed by atoms with Gasteiger partial charge in [-0.05, 0) is 36.1 Å². The summed E-state index contributed by atoms with van der Waals surface area (Å²) in [6, 6.07) is 25.3. The lowest BCUT2D eigenvalue weighted by atomic mass is 10.0. The molecule has 3 aromatic carbocycles. The van der Waals surface area contributed by atoms with Crippen LogP contribution in [0.4, 0.5) is 0 Å². The monoisotopic (exact) mass is 418 g/mol. The van der Waals surface area contributed by atoms with E-state index in [2.05, 4.69) is 5.32 Å². The molecule has 0 aliphatic carbocycles. The summed E-state index contributed by atoms with van der Waals surface area (Å²) in [5.74, 6) is -1.57. The minimum Gasteiger partial charge on any atom is -0.351 e. The van der Waals surface area contributed by atoms with Crippen molar-refractivity contribution in [3.8, 4) is 11.1 Å². The van der Waals surface area contributed by atoms with Gasteiger partial charge in [0.2, 0.25) is 5.60 Å². The highest BCUT2D eigenvalue weighted by molar-refractivity contribution is 6.07. The molecule has 1 atom stereocenters. The molecule has 3 aromatic rings. The Morgan fingerprint density at radius 2 is 1.42 bits per heavy atom. The molecule has 6 nitrogen and oxygen atoms in total. The molecule has 0 heterocycles. The number of hydrogen-bond donors (Lipinski definition) is 3. The molecule has 0 aliphatic rings. The molecule has 0 bridgehead atoms. The van der Waals surface area contributed by atoms with E-state index in [1.54, 1.807) is 0 Å². The summed E-state index contributed by atoms with van der Waals surface area (Å²) in [5.41, 5.74) is 4.58. The Labute approximate surface area is 181 Å². The molecule has 0 fully saturated rings. The normalized spacial score (nSPS) is 12.6. The predicted octanol–water partition coefficient (Wildman–Crippen LogP) is 3.76. The van der Waals surface area contributed by atoms with Gasteiger partial charge in [0.15, 0.2) is 0 Å². The highest BCUT2D eigenvalue weighted by atomic mass is 16.5. The molecule has 0 aromatic heterocycles. The van der Waals surface area contributed by atoms with E-state index in [1.165, 1.54) is 12.4 Å². The number of nitrogens with one attached hydrogen (secondary N) is 2. The van der Waals surface area contributed by atoms with Crippen molar-refractivity contribution in [3.05, 3.63) is 95.6 Å². The second kappa shape index (κ2) is 10.0. The fourth-order valence-corrected chi connectivity index (χ4v) is 3.05. The van der Waals surface area contributed by atoms with E-state index < -0.39 is 17.4 Å². The fraction of sp³-hybridized carbons (Fsp3) is 0.200. The summed E-state index contributed by atoms with van der Waals surface area (Å²) in [6.45, 7) is 3.58. The average molecular weight is 418 g/mol. The Kier molecular flexibility index (Phi) is 7.18. The van der Waals surface area contributed by atoms with E-state index in [1.807, 2.05) is 85.8 Å². The number of amides is 2. The molecular weight excluding hydrogens is 392 g/mol. The molecule has 1 unspecified atom stereocenters. The van der Waals surface area contributed by atoms with E-state index in [0.29, 0.717) is 0 Å². The van der Waals surface area contributed by atoms with Crippen LogP contribution in [-0.2, 0) is 27.5 Å². The maximum Gasteiger partial charge on any atom is 0.285 e. The van der Waals surface area contributed by atoms with Gasteiger partial charge in [0, 0.05) is 6.54 Å².